The summed E-state index contributed by atoms with van der Waals surface area (Å²) in [4.78, 5) is 0.939. The fraction of sp³-hybridized carbons (Fsp3) is 0.692. The molecule has 0 aliphatic heterocycles. The minimum absolute atomic E-state index is 0.109. The molecule has 0 spiro atoms. The Morgan fingerprint density at radius 3 is 2.74 bits per heavy atom. The zero-order chi connectivity index (χ0) is 13.7. The van der Waals surface area contributed by atoms with Crippen LogP contribution in [0.5, 0.6) is 0 Å². The van der Waals surface area contributed by atoms with Crippen LogP contribution in [0.15, 0.2) is 16.3 Å². The Bertz CT molecular complexity index is 490. The summed E-state index contributed by atoms with van der Waals surface area (Å²) in [5.41, 5.74) is 0. The van der Waals surface area contributed by atoms with Crippen LogP contribution in [0.1, 0.15) is 43.4 Å². The zero-order valence-corrected chi connectivity index (χ0v) is 12.6. The standard InChI is InChI=1S/C13H21NO3S2/c15-9-12-8-13(10-18-12)19(16,17)14-7-3-6-11-4-1-2-5-11/h8,10-11,14-15H,1-7,9H2. The summed E-state index contributed by atoms with van der Waals surface area (Å²) in [6, 6.07) is 1.53. The van der Waals surface area contributed by atoms with E-state index in [1.807, 2.05) is 0 Å². The lowest BCUT2D eigenvalue weighted by Gasteiger charge is -2.09. The number of thiophene rings is 1. The summed E-state index contributed by atoms with van der Waals surface area (Å²) < 4.78 is 26.6. The van der Waals surface area contributed by atoms with E-state index in [-0.39, 0.29) is 11.5 Å². The van der Waals surface area contributed by atoms with E-state index >= 15 is 0 Å². The summed E-state index contributed by atoms with van der Waals surface area (Å²) in [5.74, 6) is 0.798. The maximum Gasteiger partial charge on any atom is 0.241 e. The summed E-state index contributed by atoms with van der Waals surface area (Å²) in [6.45, 7) is 0.394. The Balaban J connectivity index is 1.77. The fourth-order valence-electron chi connectivity index (χ4n) is 2.56. The van der Waals surface area contributed by atoms with Crippen LogP contribution in [0.25, 0.3) is 0 Å². The molecule has 1 aliphatic rings. The van der Waals surface area contributed by atoms with Gasteiger partial charge in [0.05, 0.1) is 11.5 Å². The predicted molar refractivity (Wildman–Crippen MR) is 76.6 cm³/mol. The lowest BCUT2D eigenvalue weighted by Crippen LogP contribution is -2.24. The van der Waals surface area contributed by atoms with Gasteiger partial charge in [-0.05, 0) is 24.8 Å². The smallest absolute Gasteiger partial charge is 0.241 e. The highest BCUT2D eigenvalue weighted by Crippen LogP contribution is 2.28. The van der Waals surface area contributed by atoms with Crippen LogP contribution in [0.3, 0.4) is 0 Å². The second kappa shape index (κ2) is 6.83. The molecule has 0 saturated heterocycles. The molecule has 2 rings (SSSR count). The van der Waals surface area contributed by atoms with Crippen LogP contribution in [0, 0.1) is 5.92 Å². The third-order valence-corrected chi connectivity index (χ3v) is 6.16. The summed E-state index contributed by atoms with van der Waals surface area (Å²) >= 11 is 1.27. The van der Waals surface area contributed by atoms with E-state index in [1.54, 1.807) is 5.38 Å². The fourth-order valence-corrected chi connectivity index (χ4v) is 4.77. The average Bonchev–Trinajstić information content (AvgIpc) is 3.05. The first-order valence-corrected chi connectivity index (χ1v) is 9.16. The Morgan fingerprint density at radius 1 is 1.37 bits per heavy atom. The molecule has 1 aliphatic carbocycles. The predicted octanol–water partition coefficient (Wildman–Crippen LogP) is 2.49. The molecule has 6 heteroatoms. The Kier molecular flexibility index (Phi) is 5.38. The van der Waals surface area contributed by atoms with E-state index in [9.17, 15) is 8.42 Å². The van der Waals surface area contributed by atoms with Gasteiger partial charge in [-0.2, -0.15) is 0 Å². The molecule has 0 radical (unpaired) electrons. The molecule has 4 nitrogen and oxygen atoms in total. The lowest BCUT2D eigenvalue weighted by molar-refractivity contribution is 0.285. The van der Waals surface area contributed by atoms with Crippen molar-refractivity contribution in [3.8, 4) is 0 Å². The van der Waals surface area contributed by atoms with Crippen LogP contribution in [-0.2, 0) is 16.6 Å². The van der Waals surface area contributed by atoms with Crippen LogP contribution in [0.4, 0.5) is 0 Å². The number of rotatable bonds is 7. The van der Waals surface area contributed by atoms with Gasteiger partial charge in [0.15, 0.2) is 0 Å². The van der Waals surface area contributed by atoms with Gasteiger partial charge < -0.3 is 5.11 Å². The largest absolute Gasteiger partial charge is 0.391 e. The van der Waals surface area contributed by atoms with Gasteiger partial charge in [-0.1, -0.05) is 25.7 Å². The second-order valence-corrected chi connectivity index (χ2v) is 7.86. The molecule has 0 atom stereocenters. The Hall–Kier alpha value is -0.430. The first-order valence-electron chi connectivity index (χ1n) is 6.80. The minimum Gasteiger partial charge on any atom is -0.391 e. The van der Waals surface area contributed by atoms with Gasteiger partial charge in [0, 0.05) is 16.8 Å². The molecular formula is C13H21NO3S2. The quantitative estimate of drug-likeness (QED) is 0.761. The summed E-state index contributed by atoms with van der Waals surface area (Å²) in [6.07, 6.45) is 7.29. The molecule has 1 heterocycles. The van der Waals surface area contributed by atoms with Crippen molar-refractivity contribution in [2.45, 2.75) is 50.0 Å². The number of hydrogen-bond acceptors (Lipinski definition) is 4. The van der Waals surface area contributed by atoms with Gasteiger partial charge in [0.1, 0.15) is 0 Å². The van der Waals surface area contributed by atoms with E-state index in [2.05, 4.69) is 4.72 Å². The van der Waals surface area contributed by atoms with E-state index in [4.69, 9.17) is 5.11 Å². The maximum absolute atomic E-state index is 12.0. The third-order valence-electron chi connectivity index (χ3n) is 3.65. The van der Waals surface area contributed by atoms with Crippen LogP contribution >= 0.6 is 11.3 Å². The molecule has 1 fully saturated rings. The number of aliphatic hydroxyl groups is 1. The first-order chi connectivity index (χ1) is 9.12. The summed E-state index contributed by atoms with van der Waals surface area (Å²) in [7, 11) is -3.40. The van der Waals surface area contributed by atoms with Crippen molar-refractivity contribution in [2.24, 2.45) is 5.92 Å². The molecule has 2 N–H and O–H groups in total. The highest BCUT2D eigenvalue weighted by Gasteiger charge is 2.17. The van der Waals surface area contributed by atoms with Gasteiger partial charge in [-0.3, -0.25) is 0 Å². The first kappa shape index (κ1) is 15.0. The SMILES string of the molecule is O=S(=O)(NCCCC1CCCC1)c1csc(CO)c1. The molecule has 0 amide bonds. The third kappa shape index (κ3) is 4.27. The van der Waals surface area contributed by atoms with Gasteiger partial charge >= 0.3 is 0 Å². The van der Waals surface area contributed by atoms with Crippen molar-refractivity contribution in [2.75, 3.05) is 6.54 Å². The number of aliphatic hydroxyl groups excluding tert-OH is 1. The maximum atomic E-state index is 12.0. The Labute approximate surface area is 118 Å². The Morgan fingerprint density at radius 2 is 2.11 bits per heavy atom. The molecule has 0 aromatic carbocycles. The molecule has 108 valence electrons. The van der Waals surface area contributed by atoms with Crippen LogP contribution in [-0.4, -0.2) is 20.1 Å². The molecular weight excluding hydrogens is 282 g/mol. The normalized spacial score (nSPS) is 17.1. The van der Waals surface area contributed by atoms with Gasteiger partial charge in [-0.15, -0.1) is 11.3 Å². The van der Waals surface area contributed by atoms with Crippen molar-refractivity contribution in [3.05, 3.63) is 16.3 Å². The number of nitrogens with one attached hydrogen (secondary N) is 1. The van der Waals surface area contributed by atoms with Gasteiger partial charge in [-0.25, -0.2) is 13.1 Å². The number of hydrogen-bond donors (Lipinski definition) is 2. The molecule has 0 bridgehead atoms. The summed E-state index contributed by atoms with van der Waals surface area (Å²) in [5, 5.41) is 10.5. The monoisotopic (exact) mass is 303 g/mol. The van der Waals surface area contributed by atoms with Crippen molar-refractivity contribution >= 4 is 21.4 Å². The zero-order valence-electron chi connectivity index (χ0n) is 11.0. The molecule has 1 aromatic heterocycles. The van der Waals surface area contributed by atoms with E-state index in [1.165, 1.54) is 43.1 Å². The molecule has 0 unspecified atom stereocenters. The topological polar surface area (TPSA) is 66.4 Å². The van der Waals surface area contributed by atoms with Crippen molar-refractivity contribution in [3.63, 3.8) is 0 Å². The van der Waals surface area contributed by atoms with Gasteiger partial charge in [0.2, 0.25) is 10.0 Å². The van der Waals surface area contributed by atoms with Crippen molar-refractivity contribution in [1.29, 1.82) is 0 Å². The van der Waals surface area contributed by atoms with E-state index < -0.39 is 10.0 Å². The van der Waals surface area contributed by atoms with Crippen molar-refractivity contribution < 1.29 is 13.5 Å². The lowest BCUT2D eigenvalue weighted by atomic mass is 10.0. The highest BCUT2D eigenvalue weighted by atomic mass is 32.2. The van der Waals surface area contributed by atoms with Crippen LogP contribution in [0.2, 0.25) is 0 Å². The van der Waals surface area contributed by atoms with Crippen molar-refractivity contribution in [1.82, 2.24) is 4.72 Å². The highest BCUT2D eigenvalue weighted by molar-refractivity contribution is 7.89. The second-order valence-electron chi connectivity index (χ2n) is 5.10. The molecule has 1 aromatic rings. The van der Waals surface area contributed by atoms with E-state index in [0.29, 0.717) is 11.4 Å². The van der Waals surface area contributed by atoms with Crippen LogP contribution < -0.4 is 4.72 Å². The van der Waals surface area contributed by atoms with Gasteiger partial charge in [0.25, 0.3) is 0 Å². The minimum atomic E-state index is -3.40. The number of sulfonamides is 1. The van der Waals surface area contributed by atoms with E-state index in [0.717, 1.165) is 18.8 Å². The molecule has 1 saturated carbocycles. The average molecular weight is 303 g/mol. The molecule has 19 heavy (non-hydrogen) atoms.